The van der Waals surface area contributed by atoms with Crippen molar-refractivity contribution in [3.05, 3.63) is 28.6 Å². The standard InChI is InChI=1S/C12H15BrN2O/c1-12(2,3)7-9-14-11(13)8-5-4-6-10(16)15(8)9/h4-6,16H,7H2,1-3H3. The van der Waals surface area contributed by atoms with Crippen LogP contribution >= 0.6 is 15.9 Å². The van der Waals surface area contributed by atoms with Crippen molar-refractivity contribution in [2.24, 2.45) is 5.41 Å². The second-order valence-corrected chi connectivity index (χ2v) is 5.91. The van der Waals surface area contributed by atoms with Crippen molar-refractivity contribution >= 4 is 21.4 Å². The second-order valence-electron chi connectivity index (χ2n) is 5.16. The van der Waals surface area contributed by atoms with Crippen molar-refractivity contribution in [1.29, 1.82) is 0 Å². The third-order valence-electron chi connectivity index (χ3n) is 2.35. The summed E-state index contributed by atoms with van der Waals surface area (Å²) >= 11 is 3.42. The van der Waals surface area contributed by atoms with Crippen LogP contribution in [0.15, 0.2) is 22.8 Å². The number of hydrogen-bond acceptors (Lipinski definition) is 2. The number of rotatable bonds is 1. The van der Waals surface area contributed by atoms with Crippen LogP contribution in [0.2, 0.25) is 0 Å². The molecular weight excluding hydrogens is 268 g/mol. The molecule has 2 aromatic heterocycles. The van der Waals surface area contributed by atoms with Gasteiger partial charge >= 0.3 is 0 Å². The summed E-state index contributed by atoms with van der Waals surface area (Å²) in [6, 6.07) is 5.42. The summed E-state index contributed by atoms with van der Waals surface area (Å²) in [5, 5.41) is 9.86. The Balaban J connectivity index is 2.62. The van der Waals surface area contributed by atoms with Gasteiger partial charge in [0.05, 0.1) is 5.52 Å². The summed E-state index contributed by atoms with van der Waals surface area (Å²) in [5.41, 5.74) is 1.04. The Bertz CT molecular complexity index is 526. The lowest BCUT2D eigenvalue weighted by atomic mass is 9.92. The van der Waals surface area contributed by atoms with E-state index in [9.17, 15) is 5.11 Å². The molecule has 0 bridgehead atoms. The normalized spacial score (nSPS) is 12.2. The topological polar surface area (TPSA) is 37.5 Å². The summed E-state index contributed by atoms with van der Waals surface area (Å²) in [7, 11) is 0. The molecule has 2 rings (SSSR count). The molecule has 0 unspecified atom stereocenters. The zero-order valence-corrected chi connectivity index (χ0v) is 11.2. The smallest absolute Gasteiger partial charge is 0.197 e. The molecule has 3 nitrogen and oxygen atoms in total. The van der Waals surface area contributed by atoms with Gasteiger partial charge in [0.25, 0.3) is 0 Å². The van der Waals surface area contributed by atoms with Gasteiger partial charge in [0.2, 0.25) is 0 Å². The fourth-order valence-electron chi connectivity index (χ4n) is 1.74. The molecule has 0 aliphatic carbocycles. The molecule has 2 heterocycles. The lowest BCUT2D eigenvalue weighted by molar-refractivity contribution is 0.390. The Kier molecular flexibility index (Phi) is 2.70. The van der Waals surface area contributed by atoms with E-state index in [1.54, 1.807) is 10.5 Å². The van der Waals surface area contributed by atoms with Crippen molar-refractivity contribution in [2.45, 2.75) is 27.2 Å². The van der Waals surface area contributed by atoms with Gasteiger partial charge in [-0.15, -0.1) is 0 Å². The minimum Gasteiger partial charge on any atom is -0.494 e. The highest BCUT2D eigenvalue weighted by atomic mass is 79.9. The first kappa shape index (κ1) is 11.5. The van der Waals surface area contributed by atoms with E-state index < -0.39 is 0 Å². The second kappa shape index (κ2) is 3.77. The lowest BCUT2D eigenvalue weighted by Gasteiger charge is -2.17. The number of halogens is 1. The summed E-state index contributed by atoms with van der Waals surface area (Å²) in [5.74, 6) is 1.11. The summed E-state index contributed by atoms with van der Waals surface area (Å²) in [6.45, 7) is 6.46. The minimum absolute atomic E-state index is 0.142. The van der Waals surface area contributed by atoms with Gasteiger partial charge in [-0.3, -0.25) is 4.40 Å². The van der Waals surface area contributed by atoms with Crippen LogP contribution in [0.4, 0.5) is 0 Å². The first-order valence-electron chi connectivity index (χ1n) is 5.23. The molecule has 86 valence electrons. The van der Waals surface area contributed by atoms with Gasteiger partial charge in [-0.25, -0.2) is 4.98 Å². The van der Waals surface area contributed by atoms with Crippen LogP contribution < -0.4 is 0 Å². The Morgan fingerprint density at radius 3 is 2.69 bits per heavy atom. The van der Waals surface area contributed by atoms with Crippen LogP contribution in [0.1, 0.15) is 26.6 Å². The SMILES string of the molecule is CC(C)(C)Cc1nc(Br)c2cccc(O)n12. The number of imidazole rings is 1. The third-order valence-corrected chi connectivity index (χ3v) is 2.94. The van der Waals surface area contributed by atoms with E-state index in [4.69, 9.17) is 0 Å². The predicted octanol–water partition coefficient (Wildman–Crippen LogP) is 3.39. The van der Waals surface area contributed by atoms with Gasteiger partial charge in [-0.2, -0.15) is 0 Å². The quantitative estimate of drug-likeness (QED) is 0.871. The summed E-state index contributed by atoms with van der Waals surface area (Å²) in [6.07, 6.45) is 0.817. The highest BCUT2D eigenvalue weighted by Gasteiger charge is 2.18. The maximum Gasteiger partial charge on any atom is 0.197 e. The fourth-order valence-corrected chi connectivity index (χ4v) is 2.26. The minimum atomic E-state index is 0.142. The zero-order valence-electron chi connectivity index (χ0n) is 9.66. The molecule has 0 aromatic carbocycles. The average molecular weight is 283 g/mol. The molecule has 0 spiro atoms. The largest absolute Gasteiger partial charge is 0.494 e. The van der Waals surface area contributed by atoms with Crippen LogP contribution in [0, 0.1) is 5.41 Å². The summed E-state index contributed by atoms with van der Waals surface area (Å²) < 4.78 is 2.57. The van der Waals surface area contributed by atoms with Crippen LogP contribution in [-0.4, -0.2) is 14.5 Å². The van der Waals surface area contributed by atoms with Crippen molar-refractivity contribution in [2.75, 3.05) is 0 Å². The lowest BCUT2D eigenvalue weighted by Crippen LogP contribution is -2.12. The Morgan fingerprint density at radius 2 is 2.06 bits per heavy atom. The Labute approximate surface area is 103 Å². The van der Waals surface area contributed by atoms with E-state index in [-0.39, 0.29) is 11.3 Å². The maximum absolute atomic E-state index is 9.86. The Morgan fingerprint density at radius 1 is 1.38 bits per heavy atom. The first-order chi connectivity index (χ1) is 7.38. The summed E-state index contributed by atoms with van der Waals surface area (Å²) in [4.78, 5) is 4.46. The van der Waals surface area contributed by atoms with E-state index in [0.717, 1.165) is 22.4 Å². The monoisotopic (exact) mass is 282 g/mol. The molecule has 0 aliphatic heterocycles. The average Bonchev–Trinajstić information content (AvgIpc) is 2.42. The maximum atomic E-state index is 9.86. The number of nitrogens with zero attached hydrogens (tertiary/aromatic N) is 2. The van der Waals surface area contributed by atoms with Crippen LogP contribution in [-0.2, 0) is 6.42 Å². The van der Waals surface area contributed by atoms with E-state index in [0.29, 0.717) is 0 Å². The molecule has 0 saturated carbocycles. The van der Waals surface area contributed by atoms with Crippen LogP contribution in [0.3, 0.4) is 0 Å². The van der Waals surface area contributed by atoms with Gasteiger partial charge in [-0.1, -0.05) is 26.8 Å². The highest BCUT2D eigenvalue weighted by molar-refractivity contribution is 9.10. The molecule has 2 aromatic rings. The van der Waals surface area contributed by atoms with Crippen molar-refractivity contribution in [3.63, 3.8) is 0 Å². The zero-order chi connectivity index (χ0) is 11.9. The molecule has 0 amide bonds. The highest BCUT2D eigenvalue weighted by Crippen LogP contribution is 2.27. The Hall–Kier alpha value is -1.03. The predicted molar refractivity (Wildman–Crippen MR) is 67.7 cm³/mol. The molecule has 1 N–H and O–H groups in total. The number of pyridine rings is 1. The van der Waals surface area contributed by atoms with Crippen molar-refractivity contribution in [3.8, 4) is 5.88 Å². The van der Waals surface area contributed by atoms with E-state index in [1.165, 1.54) is 0 Å². The van der Waals surface area contributed by atoms with E-state index >= 15 is 0 Å². The molecule has 4 heteroatoms. The number of hydrogen-bond donors (Lipinski definition) is 1. The molecule has 0 fully saturated rings. The van der Waals surface area contributed by atoms with Gasteiger partial charge in [-0.05, 0) is 33.5 Å². The van der Waals surface area contributed by atoms with E-state index in [1.807, 2.05) is 12.1 Å². The van der Waals surface area contributed by atoms with Gasteiger partial charge in [0.1, 0.15) is 10.4 Å². The molecule has 0 saturated heterocycles. The molecular formula is C12H15BrN2O. The number of aromatic nitrogens is 2. The molecule has 0 radical (unpaired) electrons. The van der Waals surface area contributed by atoms with Gasteiger partial charge in [0, 0.05) is 6.42 Å². The number of fused-ring (bicyclic) bond motifs is 1. The van der Waals surface area contributed by atoms with Gasteiger partial charge < -0.3 is 5.11 Å². The first-order valence-corrected chi connectivity index (χ1v) is 6.02. The molecule has 0 aliphatic rings. The van der Waals surface area contributed by atoms with Gasteiger partial charge in [0.15, 0.2) is 5.88 Å². The third kappa shape index (κ3) is 2.07. The van der Waals surface area contributed by atoms with Crippen LogP contribution in [0.5, 0.6) is 5.88 Å². The molecule has 0 atom stereocenters. The number of aromatic hydroxyl groups is 1. The molecule has 16 heavy (non-hydrogen) atoms. The van der Waals surface area contributed by atoms with E-state index in [2.05, 4.69) is 41.7 Å². The van der Waals surface area contributed by atoms with Crippen LogP contribution in [0.25, 0.3) is 5.52 Å². The van der Waals surface area contributed by atoms with Crippen molar-refractivity contribution in [1.82, 2.24) is 9.38 Å². The fraction of sp³-hybridized carbons (Fsp3) is 0.417. The van der Waals surface area contributed by atoms with Crippen molar-refractivity contribution < 1.29 is 5.11 Å².